The minimum atomic E-state index is -3.05. The Morgan fingerprint density at radius 3 is 2.61 bits per heavy atom. The van der Waals surface area contributed by atoms with Crippen LogP contribution in [-0.4, -0.2) is 31.6 Å². The van der Waals surface area contributed by atoms with Crippen LogP contribution < -0.4 is 0 Å². The van der Waals surface area contributed by atoms with Crippen LogP contribution in [0.1, 0.15) is 37.7 Å². The van der Waals surface area contributed by atoms with Crippen molar-refractivity contribution in [2.24, 2.45) is 0 Å². The Bertz CT molecular complexity index is 470. The molecule has 0 spiro atoms. The second-order valence-electron chi connectivity index (χ2n) is 4.86. The third kappa shape index (κ3) is 3.12. The fourth-order valence-electron chi connectivity index (χ4n) is 2.54. The zero-order valence-corrected chi connectivity index (χ0v) is 11.7. The minimum Gasteiger partial charge on any atom is -0.212 e. The molecule has 0 radical (unpaired) electrons. The van der Waals surface area contributed by atoms with Crippen LogP contribution in [0.2, 0.25) is 0 Å². The molecular weight excluding hydrogens is 246 g/mol. The fraction of sp³-hybridized carbons (Fsp3) is 0.571. The van der Waals surface area contributed by atoms with Crippen LogP contribution in [0.25, 0.3) is 0 Å². The molecule has 4 heteroatoms. The van der Waals surface area contributed by atoms with Gasteiger partial charge in [0.1, 0.15) is 0 Å². The molecule has 1 aliphatic rings. The van der Waals surface area contributed by atoms with E-state index in [0.717, 1.165) is 19.3 Å². The average molecular weight is 267 g/mol. The molecule has 1 saturated heterocycles. The highest BCUT2D eigenvalue weighted by atomic mass is 32.2. The molecule has 2 rings (SSSR count). The lowest BCUT2D eigenvalue weighted by Gasteiger charge is -2.23. The Morgan fingerprint density at radius 2 is 1.94 bits per heavy atom. The van der Waals surface area contributed by atoms with Gasteiger partial charge in [0.05, 0.1) is 5.75 Å². The Labute approximate surface area is 110 Å². The quantitative estimate of drug-likeness (QED) is 0.844. The van der Waals surface area contributed by atoms with Gasteiger partial charge in [0, 0.05) is 13.1 Å². The zero-order valence-electron chi connectivity index (χ0n) is 10.9. The topological polar surface area (TPSA) is 37.4 Å². The monoisotopic (exact) mass is 267 g/mol. The number of nitrogens with zero attached hydrogens (tertiary/aromatic N) is 1. The van der Waals surface area contributed by atoms with Crippen LogP contribution >= 0.6 is 0 Å². The van der Waals surface area contributed by atoms with Gasteiger partial charge in [-0.3, -0.25) is 0 Å². The maximum absolute atomic E-state index is 12.0. The Kier molecular flexibility index (Phi) is 4.40. The Balaban J connectivity index is 2.18. The van der Waals surface area contributed by atoms with Crippen molar-refractivity contribution in [2.75, 3.05) is 18.8 Å². The zero-order chi connectivity index (χ0) is 13.0. The molecule has 3 nitrogen and oxygen atoms in total. The molecule has 0 bridgehead atoms. The molecule has 1 aromatic rings. The van der Waals surface area contributed by atoms with Gasteiger partial charge in [-0.25, -0.2) is 12.7 Å². The molecular formula is C14H21NO2S. The maximum Gasteiger partial charge on any atom is 0.213 e. The van der Waals surface area contributed by atoms with Crippen LogP contribution in [0.5, 0.6) is 0 Å². The molecule has 1 fully saturated rings. The van der Waals surface area contributed by atoms with Gasteiger partial charge in [0.25, 0.3) is 0 Å². The van der Waals surface area contributed by atoms with Crippen molar-refractivity contribution in [3.05, 3.63) is 35.9 Å². The standard InChI is InChI=1S/C14H21NO2S/c1-2-18(16,17)15-11-7-6-10-14(12-15)13-8-4-3-5-9-13/h3-5,8-9,14H,2,6-7,10-12H2,1H3/t14-/m0/s1. The van der Waals surface area contributed by atoms with Gasteiger partial charge in [-0.15, -0.1) is 0 Å². The molecule has 100 valence electrons. The van der Waals surface area contributed by atoms with Gasteiger partial charge < -0.3 is 0 Å². The van der Waals surface area contributed by atoms with E-state index in [2.05, 4.69) is 12.1 Å². The second-order valence-corrected chi connectivity index (χ2v) is 7.12. The van der Waals surface area contributed by atoms with Crippen molar-refractivity contribution >= 4 is 10.0 Å². The van der Waals surface area contributed by atoms with Gasteiger partial charge in [-0.2, -0.15) is 0 Å². The summed E-state index contributed by atoms with van der Waals surface area (Å²) in [6, 6.07) is 10.3. The van der Waals surface area contributed by atoms with E-state index in [1.165, 1.54) is 5.56 Å². The SMILES string of the molecule is CCS(=O)(=O)N1CCCC[C@H](c2ccccc2)C1. The first-order valence-electron chi connectivity index (χ1n) is 6.66. The van der Waals surface area contributed by atoms with Gasteiger partial charge in [0.15, 0.2) is 0 Å². The largest absolute Gasteiger partial charge is 0.213 e. The summed E-state index contributed by atoms with van der Waals surface area (Å²) in [5, 5.41) is 0. The summed E-state index contributed by atoms with van der Waals surface area (Å²) in [6.07, 6.45) is 3.16. The van der Waals surface area contributed by atoms with Crippen molar-refractivity contribution in [3.8, 4) is 0 Å². The molecule has 0 aliphatic carbocycles. The van der Waals surface area contributed by atoms with Crippen LogP contribution in [0, 0.1) is 0 Å². The lowest BCUT2D eigenvalue weighted by Crippen LogP contribution is -2.35. The highest BCUT2D eigenvalue weighted by Gasteiger charge is 2.26. The van der Waals surface area contributed by atoms with E-state index in [4.69, 9.17) is 0 Å². The molecule has 0 N–H and O–H groups in total. The van der Waals surface area contributed by atoms with E-state index in [1.807, 2.05) is 18.2 Å². The van der Waals surface area contributed by atoms with Crippen molar-refractivity contribution in [2.45, 2.75) is 32.1 Å². The Hall–Kier alpha value is -0.870. The average Bonchev–Trinajstić information content (AvgIpc) is 2.66. The van der Waals surface area contributed by atoms with E-state index in [9.17, 15) is 8.42 Å². The number of hydrogen-bond acceptors (Lipinski definition) is 2. The van der Waals surface area contributed by atoms with Crippen molar-refractivity contribution < 1.29 is 8.42 Å². The summed E-state index contributed by atoms with van der Waals surface area (Å²) < 4.78 is 25.7. The van der Waals surface area contributed by atoms with Gasteiger partial charge >= 0.3 is 0 Å². The lowest BCUT2D eigenvalue weighted by atomic mass is 9.95. The molecule has 18 heavy (non-hydrogen) atoms. The lowest BCUT2D eigenvalue weighted by molar-refractivity contribution is 0.407. The van der Waals surface area contributed by atoms with E-state index < -0.39 is 10.0 Å². The molecule has 1 heterocycles. The van der Waals surface area contributed by atoms with Crippen LogP contribution in [0.3, 0.4) is 0 Å². The molecule has 1 aliphatic heterocycles. The van der Waals surface area contributed by atoms with Crippen molar-refractivity contribution in [1.29, 1.82) is 0 Å². The summed E-state index contributed by atoms with van der Waals surface area (Å²) in [4.78, 5) is 0. The fourth-order valence-corrected chi connectivity index (χ4v) is 3.72. The van der Waals surface area contributed by atoms with E-state index >= 15 is 0 Å². The van der Waals surface area contributed by atoms with Crippen LogP contribution in [0.4, 0.5) is 0 Å². The van der Waals surface area contributed by atoms with Crippen LogP contribution in [-0.2, 0) is 10.0 Å². The molecule has 0 aromatic heterocycles. The normalized spacial score (nSPS) is 22.6. The summed E-state index contributed by atoms with van der Waals surface area (Å²) in [5.74, 6) is 0.546. The number of benzene rings is 1. The van der Waals surface area contributed by atoms with E-state index in [-0.39, 0.29) is 5.75 Å². The highest BCUT2D eigenvalue weighted by Crippen LogP contribution is 2.27. The highest BCUT2D eigenvalue weighted by molar-refractivity contribution is 7.89. The molecule has 0 saturated carbocycles. The number of hydrogen-bond donors (Lipinski definition) is 0. The van der Waals surface area contributed by atoms with E-state index in [1.54, 1.807) is 11.2 Å². The first-order valence-corrected chi connectivity index (χ1v) is 8.27. The molecule has 1 aromatic carbocycles. The molecule has 0 unspecified atom stereocenters. The molecule has 1 atom stereocenters. The van der Waals surface area contributed by atoms with Gasteiger partial charge in [-0.05, 0) is 31.2 Å². The van der Waals surface area contributed by atoms with E-state index in [0.29, 0.717) is 19.0 Å². The van der Waals surface area contributed by atoms with Crippen molar-refractivity contribution in [1.82, 2.24) is 4.31 Å². The van der Waals surface area contributed by atoms with Gasteiger partial charge in [-0.1, -0.05) is 36.8 Å². The van der Waals surface area contributed by atoms with Gasteiger partial charge in [0.2, 0.25) is 10.0 Å². The maximum atomic E-state index is 12.0. The predicted molar refractivity (Wildman–Crippen MR) is 74.1 cm³/mol. The third-order valence-electron chi connectivity index (χ3n) is 3.66. The minimum absolute atomic E-state index is 0.203. The summed E-state index contributed by atoms with van der Waals surface area (Å²) in [5.41, 5.74) is 1.26. The number of sulfonamides is 1. The summed E-state index contributed by atoms with van der Waals surface area (Å²) in [6.45, 7) is 3.04. The smallest absolute Gasteiger partial charge is 0.212 e. The molecule has 0 amide bonds. The first-order chi connectivity index (χ1) is 8.63. The predicted octanol–water partition coefficient (Wildman–Crippen LogP) is 2.61. The summed E-state index contributed by atoms with van der Waals surface area (Å²) in [7, 11) is -3.05. The van der Waals surface area contributed by atoms with Crippen molar-refractivity contribution in [3.63, 3.8) is 0 Å². The summed E-state index contributed by atoms with van der Waals surface area (Å²) >= 11 is 0. The second kappa shape index (κ2) is 5.85. The van der Waals surface area contributed by atoms with Crippen LogP contribution in [0.15, 0.2) is 30.3 Å². The Morgan fingerprint density at radius 1 is 1.22 bits per heavy atom. The first kappa shape index (κ1) is 13.6. The number of rotatable bonds is 3. The third-order valence-corrected chi connectivity index (χ3v) is 5.51.